The predicted molar refractivity (Wildman–Crippen MR) is 77.6 cm³/mol. The van der Waals surface area contributed by atoms with E-state index in [0.29, 0.717) is 12.0 Å². The molecule has 0 aromatic rings. The van der Waals surface area contributed by atoms with Crippen LogP contribution in [0, 0.1) is 17.8 Å². The molecular formula is C14H26N2S. The Balaban J connectivity index is 1.80. The van der Waals surface area contributed by atoms with Gasteiger partial charge in [-0.15, -0.1) is 0 Å². The minimum absolute atomic E-state index is 0.637. The number of nitrogens with zero attached hydrogens (tertiary/aromatic N) is 1. The highest BCUT2D eigenvalue weighted by atomic mass is 32.2. The third-order valence-corrected chi connectivity index (χ3v) is 5.04. The van der Waals surface area contributed by atoms with Crippen LogP contribution < -0.4 is 5.32 Å². The summed E-state index contributed by atoms with van der Waals surface area (Å²) < 4.78 is 0. The Morgan fingerprint density at radius 1 is 1.35 bits per heavy atom. The molecule has 2 rings (SSSR count). The quantitative estimate of drug-likeness (QED) is 0.833. The molecule has 0 amide bonds. The highest BCUT2D eigenvalue weighted by Crippen LogP contribution is 2.30. The van der Waals surface area contributed by atoms with Gasteiger partial charge in [-0.3, -0.25) is 4.99 Å². The SMILES string of the molecule is CC1CCC(CN=C2NC(C(C)C)CCS2)C1. The Bertz CT molecular complexity index is 275. The van der Waals surface area contributed by atoms with Crippen molar-refractivity contribution in [1.29, 1.82) is 0 Å². The van der Waals surface area contributed by atoms with Crippen LogP contribution in [-0.4, -0.2) is 23.5 Å². The Morgan fingerprint density at radius 3 is 2.82 bits per heavy atom. The number of amidine groups is 1. The van der Waals surface area contributed by atoms with Crippen molar-refractivity contribution in [3.05, 3.63) is 0 Å². The average molecular weight is 254 g/mol. The van der Waals surface area contributed by atoms with Gasteiger partial charge >= 0.3 is 0 Å². The monoisotopic (exact) mass is 254 g/mol. The van der Waals surface area contributed by atoms with E-state index in [2.05, 4.69) is 26.1 Å². The molecule has 17 heavy (non-hydrogen) atoms. The average Bonchev–Trinajstić information content (AvgIpc) is 2.73. The van der Waals surface area contributed by atoms with Crippen LogP contribution in [-0.2, 0) is 0 Å². The fourth-order valence-electron chi connectivity index (χ4n) is 2.85. The first-order valence-corrected chi connectivity index (χ1v) is 8.07. The Morgan fingerprint density at radius 2 is 2.18 bits per heavy atom. The van der Waals surface area contributed by atoms with Crippen LogP contribution in [0.2, 0.25) is 0 Å². The third kappa shape index (κ3) is 3.90. The van der Waals surface area contributed by atoms with Crippen LogP contribution >= 0.6 is 11.8 Å². The van der Waals surface area contributed by atoms with Gasteiger partial charge in [0.05, 0.1) is 0 Å². The summed E-state index contributed by atoms with van der Waals surface area (Å²) in [7, 11) is 0. The fourth-order valence-corrected chi connectivity index (χ4v) is 3.81. The molecule has 0 aromatic carbocycles. The molecule has 1 N–H and O–H groups in total. The van der Waals surface area contributed by atoms with Crippen molar-refractivity contribution in [1.82, 2.24) is 5.32 Å². The van der Waals surface area contributed by atoms with Crippen molar-refractivity contribution in [3.8, 4) is 0 Å². The van der Waals surface area contributed by atoms with E-state index in [4.69, 9.17) is 4.99 Å². The summed E-state index contributed by atoms with van der Waals surface area (Å²) in [4.78, 5) is 4.80. The molecule has 98 valence electrons. The van der Waals surface area contributed by atoms with Gasteiger partial charge in [-0.2, -0.15) is 0 Å². The number of rotatable bonds is 3. The molecular weight excluding hydrogens is 228 g/mol. The molecule has 2 aliphatic rings. The lowest BCUT2D eigenvalue weighted by molar-refractivity contribution is 0.441. The molecule has 3 heteroatoms. The third-order valence-electron chi connectivity index (χ3n) is 4.08. The number of thioether (sulfide) groups is 1. The second kappa shape index (κ2) is 6.12. The minimum Gasteiger partial charge on any atom is -0.362 e. The van der Waals surface area contributed by atoms with Crippen LogP contribution in [0.3, 0.4) is 0 Å². The van der Waals surface area contributed by atoms with E-state index in [1.54, 1.807) is 0 Å². The smallest absolute Gasteiger partial charge is 0.156 e. The van der Waals surface area contributed by atoms with Gasteiger partial charge in [0, 0.05) is 18.3 Å². The van der Waals surface area contributed by atoms with E-state index < -0.39 is 0 Å². The maximum absolute atomic E-state index is 4.80. The van der Waals surface area contributed by atoms with Gasteiger partial charge < -0.3 is 5.32 Å². The topological polar surface area (TPSA) is 24.4 Å². The van der Waals surface area contributed by atoms with E-state index >= 15 is 0 Å². The summed E-state index contributed by atoms with van der Waals surface area (Å²) in [5, 5.41) is 4.80. The normalized spacial score (nSPS) is 36.5. The largest absolute Gasteiger partial charge is 0.362 e. The zero-order valence-corrected chi connectivity index (χ0v) is 12.2. The van der Waals surface area contributed by atoms with Gasteiger partial charge in [0.1, 0.15) is 0 Å². The lowest BCUT2D eigenvalue weighted by Crippen LogP contribution is -2.41. The summed E-state index contributed by atoms with van der Waals surface area (Å²) in [6.45, 7) is 8.01. The maximum atomic E-state index is 4.80. The lowest BCUT2D eigenvalue weighted by Gasteiger charge is -2.28. The minimum atomic E-state index is 0.637. The van der Waals surface area contributed by atoms with Crippen LogP contribution in [0.1, 0.15) is 46.5 Å². The van der Waals surface area contributed by atoms with E-state index in [-0.39, 0.29) is 0 Å². The van der Waals surface area contributed by atoms with Crippen molar-refractivity contribution >= 4 is 16.9 Å². The van der Waals surface area contributed by atoms with Crippen LogP contribution in [0.15, 0.2) is 4.99 Å². The molecule has 0 radical (unpaired) electrons. The summed E-state index contributed by atoms with van der Waals surface area (Å²) in [6, 6.07) is 0.637. The van der Waals surface area contributed by atoms with Crippen molar-refractivity contribution in [2.45, 2.75) is 52.5 Å². The van der Waals surface area contributed by atoms with Crippen molar-refractivity contribution in [2.24, 2.45) is 22.7 Å². The first kappa shape index (κ1) is 13.3. The Kier molecular flexibility index (Phi) is 4.78. The molecule has 1 aliphatic carbocycles. The standard InChI is InChI=1S/C14H26N2S/c1-10(2)13-6-7-17-14(16-13)15-9-12-5-4-11(3)8-12/h10-13H,4-9H2,1-3H3,(H,15,16). The van der Waals surface area contributed by atoms with Gasteiger partial charge in [-0.1, -0.05) is 39.0 Å². The van der Waals surface area contributed by atoms with Gasteiger partial charge in [0.25, 0.3) is 0 Å². The maximum Gasteiger partial charge on any atom is 0.156 e. The zero-order valence-electron chi connectivity index (χ0n) is 11.4. The lowest BCUT2D eigenvalue weighted by atomic mass is 10.0. The van der Waals surface area contributed by atoms with Gasteiger partial charge in [-0.25, -0.2) is 0 Å². The zero-order chi connectivity index (χ0) is 12.3. The summed E-state index contributed by atoms with van der Waals surface area (Å²) in [6.07, 6.45) is 5.46. The van der Waals surface area contributed by atoms with Crippen molar-refractivity contribution in [3.63, 3.8) is 0 Å². The fraction of sp³-hybridized carbons (Fsp3) is 0.929. The first-order chi connectivity index (χ1) is 8.15. The molecule has 1 heterocycles. The summed E-state index contributed by atoms with van der Waals surface area (Å²) >= 11 is 1.91. The Labute approximate surface area is 110 Å². The second-order valence-electron chi connectivity index (χ2n) is 6.06. The number of aliphatic imine (C=N–C) groups is 1. The summed E-state index contributed by atoms with van der Waals surface area (Å²) in [5.74, 6) is 3.72. The molecule has 3 unspecified atom stereocenters. The van der Waals surface area contributed by atoms with Crippen LogP contribution in [0.25, 0.3) is 0 Å². The number of hydrogen-bond donors (Lipinski definition) is 1. The Hall–Kier alpha value is -0.180. The molecule has 1 saturated carbocycles. The molecule has 0 bridgehead atoms. The van der Waals surface area contributed by atoms with Crippen LogP contribution in [0.5, 0.6) is 0 Å². The van der Waals surface area contributed by atoms with E-state index in [1.807, 2.05) is 11.8 Å². The number of hydrogen-bond acceptors (Lipinski definition) is 2. The molecule has 0 spiro atoms. The highest BCUT2D eigenvalue weighted by Gasteiger charge is 2.23. The van der Waals surface area contributed by atoms with Crippen molar-refractivity contribution in [2.75, 3.05) is 12.3 Å². The van der Waals surface area contributed by atoms with Gasteiger partial charge in [-0.05, 0) is 37.0 Å². The molecule has 2 fully saturated rings. The molecule has 1 aliphatic heterocycles. The van der Waals surface area contributed by atoms with Gasteiger partial charge in [0.2, 0.25) is 0 Å². The van der Waals surface area contributed by atoms with E-state index in [1.165, 1.54) is 36.6 Å². The highest BCUT2D eigenvalue weighted by molar-refractivity contribution is 8.13. The number of nitrogens with one attached hydrogen (secondary N) is 1. The van der Waals surface area contributed by atoms with Gasteiger partial charge in [0.15, 0.2) is 5.17 Å². The molecule has 1 saturated heterocycles. The van der Waals surface area contributed by atoms with E-state index in [0.717, 1.165) is 18.4 Å². The molecule has 2 nitrogen and oxygen atoms in total. The van der Waals surface area contributed by atoms with E-state index in [9.17, 15) is 0 Å². The van der Waals surface area contributed by atoms with Crippen molar-refractivity contribution < 1.29 is 0 Å². The molecule has 0 aromatic heterocycles. The first-order valence-electron chi connectivity index (χ1n) is 7.09. The predicted octanol–water partition coefficient (Wildman–Crippen LogP) is 3.53. The second-order valence-corrected chi connectivity index (χ2v) is 7.15. The van der Waals surface area contributed by atoms with Crippen LogP contribution in [0.4, 0.5) is 0 Å². The summed E-state index contributed by atoms with van der Waals surface area (Å²) in [5.41, 5.74) is 0. The molecule has 3 atom stereocenters.